The summed E-state index contributed by atoms with van der Waals surface area (Å²) in [5, 5.41) is 6.32. The van der Waals surface area contributed by atoms with Crippen molar-refractivity contribution in [2.45, 2.75) is 45.8 Å². The molecule has 0 spiro atoms. The number of alkyl carbamates (subject to hydrolysis) is 1. The van der Waals surface area contributed by atoms with Crippen LogP contribution in [-0.2, 0) is 16.0 Å². The number of benzene rings is 1. The second kappa shape index (κ2) is 9.68. The predicted octanol–water partition coefficient (Wildman–Crippen LogP) is 0.958. The van der Waals surface area contributed by atoms with Gasteiger partial charge in [-0.05, 0) is 33.3 Å². The van der Waals surface area contributed by atoms with Crippen LogP contribution in [0.25, 0.3) is 0 Å². The van der Waals surface area contributed by atoms with E-state index in [-0.39, 0.29) is 12.0 Å². The zero-order valence-electron chi connectivity index (χ0n) is 17.2. The summed E-state index contributed by atoms with van der Waals surface area (Å²) in [5.74, 6) is -0.598. The lowest BCUT2D eigenvalue weighted by molar-refractivity contribution is -0.123. The Morgan fingerprint density at radius 2 is 1.83 bits per heavy atom. The monoisotopic (exact) mass is 415 g/mol. The summed E-state index contributed by atoms with van der Waals surface area (Å²) in [5.41, 5.74) is 1.53. The number of nitrogens with zero attached hydrogens (tertiary/aromatic N) is 1. The molecular weight excluding hydrogens is 390 g/mol. The number of hydrogen-bond donors (Lipinski definition) is 4. The fourth-order valence-corrected chi connectivity index (χ4v) is 2.51. The Hall–Kier alpha value is -3.69. The van der Waals surface area contributed by atoms with Crippen molar-refractivity contribution in [3.8, 4) is 0 Å². The Kier molecular flexibility index (Phi) is 7.29. The Morgan fingerprint density at radius 1 is 1.17 bits per heavy atom. The summed E-state index contributed by atoms with van der Waals surface area (Å²) in [6.07, 6.45) is 0.588. The molecule has 0 fully saturated rings. The van der Waals surface area contributed by atoms with Gasteiger partial charge >= 0.3 is 11.8 Å². The van der Waals surface area contributed by atoms with E-state index in [0.717, 1.165) is 11.8 Å². The van der Waals surface area contributed by atoms with Crippen LogP contribution in [0.4, 0.5) is 4.79 Å². The number of rotatable bonds is 6. The molecule has 2 aromatic rings. The Balaban J connectivity index is 2.14. The highest BCUT2D eigenvalue weighted by molar-refractivity contribution is 5.87. The lowest BCUT2D eigenvalue weighted by Crippen LogP contribution is -2.48. The standard InChI is InChI=1S/C20H25N5O5/c1-12-14(16(26)24-18(28)22-12)11-21-25-17(27)15(10-13-8-6-5-7-9-13)23-19(29)30-20(2,3)4/h5-9,11,15H,10H2,1-4H3,(H,23,29)(H,25,27)(H2,22,24,26,28)/b21-11+/t15-/m1/s1. The third-order valence-electron chi connectivity index (χ3n) is 3.84. The number of carbonyl (C=O) groups is 2. The van der Waals surface area contributed by atoms with Crippen molar-refractivity contribution in [3.63, 3.8) is 0 Å². The normalized spacial score (nSPS) is 12.4. The van der Waals surface area contributed by atoms with Gasteiger partial charge in [-0.15, -0.1) is 0 Å². The zero-order chi connectivity index (χ0) is 22.3. The van der Waals surface area contributed by atoms with Crippen LogP contribution in [0.5, 0.6) is 0 Å². The van der Waals surface area contributed by atoms with Gasteiger partial charge in [0.15, 0.2) is 0 Å². The fourth-order valence-electron chi connectivity index (χ4n) is 2.51. The summed E-state index contributed by atoms with van der Waals surface area (Å²) in [6.45, 7) is 6.68. The van der Waals surface area contributed by atoms with E-state index in [9.17, 15) is 19.2 Å². The highest BCUT2D eigenvalue weighted by Crippen LogP contribution is 2.08. The molecular formula is C20H25N5O5. The van der Waals surface area contributed by atoms with Gasteiger partial charge in [0.25, 0.3) is 11.5 Å². The van der Waals surface area contributed by atoms with Crippen molar-refractivity contribution in [2.75, 3.05) is 0 Å². The number of amides is 2. The summed E-state index contributed by atoms with van der Waals surface area (Å²) < 4.78 is 5.22. The summed E-state index contributed by atoms with van der Waals surface area (Å²) in [4.78, 5) is 52.4. The minimum absolute atomic E-state index is 0.0922. The van der Waals surface area contributed by atoms with E-state index < -0.39 is 34.9 Å². The van der Waals surface area contributed by atoms with Crippen LogP contribution in [0.2, 0.25) is 0 Å². The molecule has 10 heteroatoms. The second-order valence-corrected chi connectivity index (χ2v) is 7.57. The second-order valence-electron chi connectivity index (χ2n) is 7.57. The predicted molar refractivity (Wildman–Crippen MR) is 111 cm³/mol. The average Bonchev–Trinajstić information content (AvgIpc) is 2.62. The van der Waals surface area contributed by atoms with Crippen molar-refractivity contribution >= 4 is 18.2 Å². The van der Waals surface area contributed by atoms with Gasteiger partial charge in [0, 0.05) is 12.1 Å². The average molecular weight is 415 g/mol. The van der Waals surface area contributed by atoms with Gasteiger partial charge in [-0.3, -0.25) is 14.6 Å². The molecule has 0 bridgehead atoms. The molecule has 0 aliphatic carbocycles. The summed E-state index contributed by atoms with van der Waals surface area (Å²) >= 11 is 0. The molecule has 160 valence electrons. The van der Waals surface area contributed by atoms with E-state index >= 15 is 0 Å². The van der Waals surface area contributed by atoms with Gasteiger partial charge in [0.2, 0.25) is 0 Å². The first-order valence-corrected chi connectivity index (χ1v) is 9.25. The molecule has 4 N–H and O–H groups in total. The first-order valence-electron chi connectivity index (χ1n) is 9.25. The largest absolute Gasteiger partial charge is 0.444 e. The van der Waals surface area contributed by atoms with Crippen molar-refractivity contribution in [1.29, 1.82) is 0 Å². The quantitative estimate of drug-likeness (QED) is 0.410. The van der Waals surface area contributed by atoms with Crippen molar-refractivity contribution < 1.29 is 14.3 Å². The summed E-state index contributed by atoms with van der Waals surface area (Å²) in [6, 6.07) is 8.17. The lowest BCUT2D eigenvalue weighted by Gasteiger charge is -2.23. The van der Waals surface area contributed by atoms with E-state index in [1.807, 2.05) is 30.3 Å². The summed E-state index contributed by atoms with van der Waals surface area (Å²) in [7, 11) is 0. The maximum Gasteiger partial charge on any atom is 0.408 e. The molecule has 0 saturated heterocycles. The molecule has 1 aromatic carbocycles. The van der Waals surface area contributed by atoms with E-state index in [0.29, 0.717) is 5.69 Å². The number of hydrazone groups is 1. The maximum absolute atomic E-state index is 12.6. The zero-order valence-corrected chi connectivity index (χ0v) is 17.2. The van der Waals surface area contributed by atoms with Gasteiger partial charge < -0.3 is 15.0 Å². The van der Waals surface area contributed by atoms with Gasteiger partial charge in [-0.2, -0.15) is 5.10 Å². The lowest BCUT2D eigenvalue weighted by atomic mass is 10.1. The minimum Gasteiger partial charge on any atom is -0.444 e. The first-order chi connectivity index (χ1) is 14.0. The number of carbonyl (C=O) groups excluding carboxylic acids is 2. The van der Waals surface area contributed by atoms with Gasteiger partial charge in [-0.1, -0.05) is 30.3 Å². The number of aromatic nitrogens is 2. The highest BCUT2D eigenvalue weighted by atomic mass is 16.6. The third kappa shape index (κ3) is 7.04. The van der Waals surface area contributed by atoms with E-state index in [4.69, 9.17) is 4.74 Å². The third-order valence-corrected chi connectivity index (χ3v) is 3.84. The van der Waals surface area contributed by atoms with Crippen molar-refractivity contribution in [1.82, 2.24) is 20.7 Å². The molecule has 0 radical (unpaired) electrons. The van der Waals surface area contributed by atoms with Crippen LogP contribution in [0, 0.1) is 6.92 Å². The molecule has 2 rings (SSSR count). The highest BCUT2D eigenvalue weighted by Gasteiger charge is 2.24. The van der Waals surface area contributed by atoms with Gasteiger partial charge in [0.1, 0.15) is 11.6 Å². The number of nitrogens with one attached hydrogen (secondary N) is 4. The number of aromatic amines is 2. The van der Waals surface area contributed by atoms with E-state index in [1.165, 1.54) is 6.92 Å². The first kappa shape index (κ1) is 22.6. The Labute approximate surface area is 172 Å². The molecule has 10 nitrogen and oxygen atoms in total. The van der Waals surface area contributed by atoms with E-state index in [2.05, 4.69) is 25.8 Å². The molecule has 2 amide bonds. The van der Waals surface area contributed by atoms with Crippen molar-refractivity contribution in [2.24, 2.45) is 5.10 Å². The van der Waals surface area contributed by atoms with Gasteiger partial charge in [0.05, 0.1) is 11.8 Å². The topological polar surface area (TPSA) is 146 Å². The molecule has 30 heavy (non-hydrogen) atoms. The molecule has 1 aromatic heterocycles. The minimum atomic E-state index is -0.964. The van der Waals surface area contributed by atoms with Gasteiger partial charge in [-0.25, -0.2) is 15.0 Å². The number of aryl methyl sites for hydroxylation is 1. The molecule has 0 aliphatic heterocycles. The fraction of sp³-hybridized carbons (Fsp3) is 0.350. The van der Waals surface area contributed by atoms with Crippen LogP contribution >= 0.6 is 0 Å². The van der Waals surface area contributed by atoms with Crippen LogP contribution in [-0.4, -0.2) is 39.8 Å². The molecule has 0 aliphatic rings. The van der Waals surface area contributed by atoms with Crippen LogP contribution in [0.3, 0.4) is 0 Å². The Morgan fingerprint density at radius 3 is 2.43 bits per heavy atom. The number of hydrogen-bond acceptors (Lipinski definition) is 6. The number of ether oxygens (including phenoxy) is 1. The maximum atomic E-state index is 12.6. The van der Waals surface area contributed by atoms with Crippen molar-refractivity contribution in [3.05, 3.63) is 68.0 Å². The van der Waals surface area contributed by atoms with Crippen LogP contribution < -0.4 is 22.0 Å². The molecule has 0 saturated carbocycles. The van der Waals surface area contributed by atoms with Crippen LogP contribution in [0.1, 0.15) is 37.6 Å². The van der Waals surface area contributed by atoms with Crippen LogP contribution in [0.15, 0.2) is 45.0 Å². The smallest absolute Gasteiger partial charge is 0.408 e. The molecule has 1 heterocycles. The molecule has 1 atom stereocenters. The number of H-pyrrole nitrogens is 2. The Bertz CT molecular complexity index is 1030. The van der Waals surface area contributed by atoms with E-state index in [1.54, 1.807) is 20.8 Å². The molecule has 0 unspecified atom stereocenters. The SMILES string of the molecule is Cc1[nH]c(=O)[nH]c(=O)c1/C=N/NC(=O)[C@@H](Cc1ccccc1)NC(=O)OC(C)(C)C.